The summed E-state index contributed by atoms with van der Waals surface area (Å²) in [4.78, 5) is 29.5. The number of carbonyl (C=O) groups excluding carboxylic acids is 2. The lowest BCUT2D eigenvalue weighted by atomic mass is 10.0. The van der Waals surface area contributed by atoms with Crippen LogP contribution in [0.5, 0.6) is 0 Å². The van der Waals surface area contributed by atoms with E-state index in [1.807, 2.05) is 75.4 Å². The van der Waals surface area contributed by atoms with Crippen LogP contribution in [0.3, 0.4) is 0 Å². The molecule has 4 aromatic carbocycles. The summed E-state index contributed by atoms with van der Waals surface area (Å²) in [6.45, 7) is 5.66. The van der Waals surface area contributed by atoms with Gasteiger partial charge in [0.25, 0.3) is 10.0 Å². The van der Waals surface area contributed by atoms with Crippen molar-refractivity contribution >= 4 is 27.5 Å². The summed E-state index contributed by atoms with van der Waals surface area (Å²) in [5, 5.41) is 2.93. The molecule has 0 spiro atoms. The molecule has 230 valence electrons. The lowest BCUT2D eigenvalue weighted by Gasteiger charge is -2.34. The molecule has 7 nitrogen and oxygen atoms in total. The van der Waals surface area contributed by atoms with Crippen LogP contribution >= 0.6 is 0 Å². The quantitative estimate of drug-likeness (QED) is 0.206. The average molecular weight is 616 g/mol. The first-order valence-electron chi connectivity index (χ1n) is 14.6. The van der Waals surface area contributed by atoms with E-state index in [2.05, 4.69) is 5.32 Å². The second kappa shape index (κ2) is 14.8. The number of halogens is 1. The van der Waals surface area contributed by atoms with Gasteiger partial charge in [-0.3, -0.25) is 13.9 Å². The second-order valence-corrected chi connectivity index (χ2v) is 12.7. The largest absolute Gasteiger partial charge is 0.354 e. The molecule has 1 N–H and O–H groups in total. The summed E-state index contributed by atoms with van der Waals surface area (Å²) in [6.07, 6.45) is 0.943. The maximum Gasteiger partial charge on any atom is 0.264 e. The maximum atomic E-state index is 14.4. The van der Waals surface area contributed by atoms with Crippen LogP contribution in [0.15, 0.2) is 108 Å². The molecule has 0 saturated heterocycles. The van der Waals surface area contributed by atoms with E-state index in [0.29, 0.717) is 13.0 Å². The third-order valence-electron chi connectivity index (χ3n) is 7.30. The Kier molecular flexibility index (Phi) is 10.9. The third-order valence-corrected chi connectivity index (χ3v) is 9.08. The lowest BCUT2D eigenvalue weighted by Crippen LogP contribution is -2.53. The van der Waals surface area contributed by atoms with E-state index >= 15 is 0 Å². The smallest absolute Gasteiger partial charge is 0.264 e. The first-order valence-corrected chi connectivity index (χ1v) is 16.0. The van der Waals surface area contributed by atoms with Crippen LogP contribution in [0.2, 0.25) is 0 Å². The summed E-state index contributed by atoms with van der Waals surface area (Å²) >= 11 is 0. The summed E-state index contributed by atoms with van der Waals surface area (Å²) in [6, 6.07) is 27.4. The van der Waals surface area contributed by atoms with Crippen molar-refractivity contribution in [2.75, 3.05) is 17.4 Å². The fourth-order valence-electron chi connectivity index (χ4n) is 4.78. The Morgan fingerprint density at radius 1 is 0.795 bits per heavy atom. The second-order valence-electron chi connectivity index (χ2n) is 10.8. The van der Waals surface area contributed by atoms with Gasteiger partial charge in [0.15, 0.2) is 0 Å². The molecule has 1 atom stereocenters. The van der Waals surface area contributed by atoms with E-state index in [9.17, 15) is 22.4 Å². The van der Waals surface area contributed by atoms with Crippen molar-refractivity contribution in [1.82, 2.24) is 10.2 Å². The molecule has 0 saturated carbocycles. The molecule has 0 heterocycles. The number of hydrogen-bond donors (Lipinski definition) is 1. The minimum Gasteiger partial charge on any atom is -0.354 e. The van der Waals surface area contributed by atoms with Gasteiger partial charge in [-0.15, -0.1) is 0 Å². The van der Waals surface area contributed by atoms with E-state index in [0.717, 1.165) is 38.7 Å². The van der Waals surface area contributed by atoms with Crippen molar-refractivity contribution < 1.29 is 22.4 Å². The van der Waals surface area contributed by atoms with E-state index in [1.165, 1.54) is 29.2 Å². The highest BCUT2D eigenvalue weighted by Crippen LogP contribution is 2.26. The molecule has 9 heteroatoms. The Bertz CT molecular complexity index is 1640. The van der Waals surface area contributed by atoms with Crippen LogP contribution < -0.4 is 9.62 Å². The SMILES string of the molecule is CCCNC(=O)[C@@H](Cc1ccccc1)N(Cc1ccc(C)cc1)C(=O)CN(c1ccc(F)cc1)S(=O)(=O)c1ccc(C)cc1. The van der Waals surface area contributed by atoms with Crippen LogP contribution in [0, 0.1) is 19.7 Å². The van der Waals surface area contributed by atoms with Crippen LogP contribution in [-0.2, 0) is 32.6 Å². The van der Waals surface area contributed by atoms with Crippen molar-refractivity contribution in [1.29, 1.82) is 0 Å². The zero-order valence-corrected chi connectivity index (χ0v) is 26.1. The molecule has 0 aromatic heterocycles. The van der Waals surface area contributed by atoms with Gasteiger partial charge in [-0.25, -0.2) is 12.8 Å². The van der Waals surface area contributed by atoms with Gasteiger partial charge < -0.3 is 10.2 Å². The zero-order valence-electron chi connectivity index (χ0n) is 25.2. The fraction of sp³-hybridized carbons (Fsp3) is 0.257. The van der Waals surface area contributed by atoms with Crippen LogP contribution in [0.1, 0.15) is 35.6 Å². The highest BCUT2D eigenvalue weighted by Gasteiger charge is 2.34. The topological polar surface area (TPSA) is 86.8 Å². The van der Waals surface area contributed by atoms with Crippen LogP contribution in [-0.4, -0.2) is 44.3 Å². The lowest BCUT2D eigenvalue weighted by molar-refractivity contribution is -0.140. The molecule has 0 aliphatic carbocycles. The number of anilines is 1. The van der Waals surface area contributed by atoms with Gasteiger partial charge in [0, 0.05) is 19.5 Å². The van der Waals surface area contributed by atoms with Crippen LogP contribution in [0.4, 0.5) is 10.1 Å². The number of nitrogens with zero attached hydrogens (tertiary/aromatic N) is 2. The van der Waals surface area contributed by atoms with Crippen molar-refractivity contribution in [2.45, 2.75) is 51.1 Å². The molecule has 0 fully saturated rings. The first-order chi connectivity index (χ1) is 21.1. The molecule has 0 aliphatic heterocycles. The Morgan fingerprint density at radius 2 is 1.39 bits per heavy atom. The summed E-state index contributed by atoms with van der Waals surface area (Å²) in [5.74, 6) is -1.44. The van der Waals surface area contributed by atoms with Gasteiger partial charge >= 0.3 is 0 Å². The number of aryl methyl sites for hydroxylation is 2. The average Bonchev–Trinajstić information content (AvgIpc) is 3.02. The van der Waals surface area contributed by atoms with Crippen molar-refractivity contribution in [3.05, 3.63) is 131 Å². The van der Waals surface area contributed by atoms with E-state index in [4.69, 9.17) is 0 Å². The standard InChI is InChI=1S/C35H38FN3O4S/c1-4-22-37-35(41)33(23-28-8-6-5-7-9-28)38(24-29-14-10-26(2)11-15-29)34(40)25-39(31-18-16-30(36)17-19-31)44(42,43)32-20-12-27(3)13-21-32/h5-21,33H,4,22-25H2,1-3H3,(H,37,41)/t33-/m1/s1. The predicted octanol–water partition coefficient (Wildman–Crippen LogP) is 5.80. The minimum atomic E-state index is -4.25. The molecular formula is C35H38FN3O4S. The molecule has 0 unspecified atom stereocenters. The van der Waals surface area contributed by atoms with Crippen molar-refractivity contribution in [3.63, 3.8) is 0 Å². The van der Waals surface area contributed by atoms with E-state index < -0.39 is 34.3 Å². The predicted molar refractivity (Wildman–Crippen MR) is 171 cm³/mol. The number of rotatable bonds is 13. The number of benzene rings is 4. The number of carbonyl (C=O) groups is 2. The van der Waals surface area contributed by atoms with E-state index in [1.54, 1.807) is 12.1 Å². The van der Waals surface area contributed by atoms with Crippen molar-refractivity contribution in [2.24, 2.45) is 0 Å². The number of sulfonamides is 1. The molecular weight excluding hydrogens is 577 g/mol. The summed E-state index contributed by atoms with van der Waals surface area (Å²) < 4.78 is 42.9. The molecule has 4 aromatic rings. The molecule has 0 radical (unpaired) electrons. The zero-order chi connectivity index (χ0) is 31.7. The number of nitrogens with one attached hydrogen (secondary N) is 1. The maximum absolute atomic E-state index is 14.4. The third kappa shape index (κ3) is 8.32. The Hall–Kier alpha value is -4.50. The molecule has 4 rings (SSSR count). The Labute approximate surface area is 259 Å². The highest BCUT2D eigenvalue weighted by molar-refractivity contribution is 7.92. The van der Waals surface area contributed by atoms with E-state index in [-0.39, 0.29) is 29.5 Å². The molecule has 44 heavy (non-hydrogen) atoms. The monoisotopic (exact) mass is 615 g/mol. The van der Waals surface area contributed by atoms with Crippen LogP contribution in [0.25, 0.3) is 0 Å². The number of amides is 2. The van der Waals surface area contributed by atoms with Crippen molar-refractivity contribution in [3.8, 4) is 0 Å². The van der Waals surface area contributed by atoms with Gasteiger partial charge in [-0.1, -0.05) is 84.8 Å². The summed E-state index contributed by atoms with van der Waals surface area (Å²) in [5.41, 5.74) is 3.69. The minimum absolute atomic E-state index is 0.00756. The van der Waals surface area contributed by atoms with Gasteiger partial charge in [-0.2, -0.15) is 0 Å². The normalized spacial score (nSPS) is 11.9. The Balaban J connectivity index is 1.78. The summed E-state index contributed by atoms with van der Waals surface area (Å²) in [7, 11) is -4.25. The van der Waals surface area contributed by atoms with Gasteiger partial charge in [0.2, 0.25) is 11.8 Å². The number of hydrogen-bond acceptors (Lipinski definition) is 4. The molecule has 0 bridgehead atoms. The molecule has 0 aliphatic rings. The Morgan fingerprint density at radius 3 is 1.98 bits per heavy atom. The van der Waals surface area contributed by atoms with Gasteiger partial charge in [0.05, 0.1) is 10.6 Å². The first kappa shape index (κ1) is 32.4. The van der Waals surface area contributed by atoms with Gasteiger partial charge in [0.1, 0.15) is 18.4 Å². The molecule has 2 amide bonds. The fourth-order valence-corrected chi connectivity index (χ4v) is 6.20. The highest BCUT2D eigenvalue weighted by atomic mass is 32.2. The van der Waals surface area contributed by atoms with Gasteiger partial charge in [-0.05, 0) is 67.8 Å².